The van der Waals surface area contributed by atoms with Crippen molar-refractivity contribution >= 4 is 28.2 Å². The molecular formula is C21H16N2O3S. The maximum atomic E-state index is 13.2. The minimum atomic E-state index is -0.725. The van der Waals surface area contributed by atoms with Crippen LogP contribution in [0.3, 0.4) is 0 Å². The Morgan fingerprint density at radius 3 is 2.44 bits per heavy atom. The molecular weight excluding hydrogens is 360 g/mol. The highest BCUT2D eigenvalue weighted by Gasteiger charge is 2.45. The van der Waals surface area contributed by atoms with Gasteiger partial charge in [0.25, 0.3) is 5.91 Å². The molecule has 1 aliphatic rings. The third-order valence-electron chi connectivity index (χ3n) is 4.51. The van der Waals surface area contributed by atoms with Crippen molar-refractivity contribution < 1.29 is 14.7 Å². The zero-order valence-corrected chi connectivity index (χ0v) is 15.3. The van der Waals surface area contributed by atoms with E-state index in [0.29, 0.717) is 10.7 Å². The summed E-state index contributed by atoms with van der Waals surface area (Å²) in [5.74, 6) is -1.51. The zero-order chi connectivity index (χ0) is 19.0. The molecule has 1 aromatic heterocycles. The molecule has 0 fully saturated rings. The van der Waals surface area contributed by atoms with E-state index >= 15 is 0 Å². The average molecular weight is 376 g/mol. The van der Waals surface area contributed by atoms with Gasteiger partial charge in [-0.15, -0.1) is 11.3 Å². The Bertz CT molecular complexity index is 1030. The number of hydrogen-bond donors (Lipinski definition) is 1. The number of hydrogen-bond acceptors (Lipinski definition) is 5. The van der Waals surface area contributed by atoms with Crippen LogP contribution in [0.5, 0.6) is 0 Å². The van der Waals surface area contributed by atoms with Gasteiger partial charge in [-0.05, 0) is 12.5 Å². The molecule has 2 heterocycles. The van der Waals surface area contributed by atoms with Gasteiger partial charge in [-0.1, -0.05) is 60.2 Å². The third kappa shape index (κ3) is 2.94. The molecule has 1 atom stereocenters. The fourth-order valence-corrected chi connectivity index (χ4v) is 3.85. The summed E-state index contributed by atoms with van der Waals surface area (Å²) in [5.41, 5.74) is 2.30. The van der Waals surface area contributed by atoms with Gasteiger partial charge in [0, 0.05) is 17.1 Å². The molecule has 1 amide bonds. The van der Waals surface area contributed by atoms with Gasteiger partial charge in [0.15, 0.2) is 16.7 Å². The Labute approximate surface area is 160 Å². The molecule has 3 aromatic rings. The number of anilines is 1. The number of carbonyl (C=O) groups excluding carboxylic acids is 2. The van der Waals surface area contributed by atoms with E-state index in [9.17, 15) is 14.7 Å². The van der Waals surface area contributed by atoms with Crippen molar-refractivity contribution in [3.8, 4) is 0 Å². The van der Waals surface area contributed by atoms with E-state index in [1.165, 1.54) is 16.2 Å². The van der Waals surface area contributed by atoms with Crippen LogP contribution in [0.15, 0.2) is 77.5 Å². The number of aryl methyl sites for hydroxylation is 1. The number of aliphatic hydroxyl groups is 1. The summed E-state index contributed by atoms with van der Waals surface area (Å²) in [6.07, 6.45) is 1.59. The molecule has 4 rings (SSSR count). The molecule has 0 radical (unpaired) electrons. The van der Waals surface area contributed by atoms with Crippen LogP contribution in [-0.2, 0) is 4.79 Å². The average Bonchev–Trinajstić information content (AvgIpc) is 3.30. The first-order valence-corrected chi connectivity index (χ1v) is 9.28. The van der Waals surface area contributed by atoms with Crippen LogP contribution in [0.4, 0.5) is 5.13 Å². The highest BCUT2D eigenvalue weighted by Crippen LogP contribution is 2.42. The van der Waals surface area contributed by atoms with Crippen LogP contribution in [0.25, 0.3) is 0 Å². The van der Waals surface area contributed by atoms with Gasteiger partial charge in [0.05, 0.1) is 11.6 Å². The highest BCUT2D eigenvalue weighted by molar-refractivity contribution is 7.13. The number of nitrogens with zero attached hydrogens (tertiary/aromatic N) is 2. The SMILES string of the molecule is Cc1ccc(C2C(C(=O)c3ccccc3)=C(O)C(=O)N2c2nccs2)cc1. The predicted molar refractivity (Wildman–Crippen MR) is 104 cm³/mol. The Morgan fingerprint density at radius 1 is 1.11 bits per heavy atom. The number of aliphatic hydroxyl groups excluding tert-OH is 1. The van der Waals surface area contributed by atoms with Crippen LogP contribution in [0, 0.1) is 6.92 Å². The fourth-order valence-electron chi connectivity index (χ4n) is 3.18. The largest absolute Gasteiger partial charge is 0.503 e. The molecule has 27 heavy (non-hydrogen) atoms. The lowest BCUT2D eigenvalue weighted by atomic mass is 9.92. The van der Waals surface area contributed by atoms with Crippen molar-refractivity contribution in [3.05, 3.63) is 94.2 Å². The van der Waals surface area contributed by atoms with Gasteiger partial charge in [0.2, 0.25) is 0 Å². The number of amides is 1. The lowest BCUT2D eigenvalue weighted by Gasteiger charge is -2.24. The lowest BCUT2D eigenvalue weighted by molar-refractivity contribution is -0.117. The first-order chi connectivity index (χ1) is 13.1. The molecule has 0 saturated carbocycles. The van der Waals surface area contributed by atoms with Gasteiger partial charge in [-0.3, -0.25) is 14.5 Å². The van der Waals surface area contributed by atoms with Gasteiger partial charge in [-0.25, -0.2) is 4.98 Å². The first-order valence-electron chi connectivity index (χ1n) is 8.40. The molecule has 0 spiro atoms. The minimum Gasteiger partial charge on any atom is -0.503 e. The molecule has 0 bridgehead atoms. The summed E-state index contributed by atoms with van der Waals surface area (Å²) in [5, 5.41) is 12.8. The molecule has 6 heteroatoms. The van der Waals surface area contributed by atoms with E-state index in [1.54, 1.807) is 35.8 Å². The molecule has 1 aliphatic heterocycles. The van der Waals surface area contributed by atoms with Crippen molar-refractivity contribution in [2.45, 2.75) is 13.0 Å². The smallest absolute Gasteiger partial charge is 0.296 e. The number of aromatic nitrogens is 1. The second kappa shape index (κ2) is 6.81. The zero-order valence-electron chi connectivity index (χ0n) is 14.5. The number of thiazole rings is 1. The Balaban J connectivity index is 1.87. The van der Waals surface area contributed by atoms with Crippen molar-refractivity contribution in [2.24, 2.45) is 0 Å². The fraction of sp³-hybridized carbons (Fsp3) is 0.0952. The molecule has 0 saturated heterocycles. The topological polar surface area (TPSA) is 70.5 Å². The molecule has 1 unspecified atom stereocenters. The van der Waals surface area contributed by atoms with E-state index in [4.69, 9.17) is 0 Å². The second-order valence-electron chi connectivity index (χ2n) is 6.26. The van der Waals surface area contributed by atoms with E-state index in [0.717, 1.165) is 11.1 Å². The molecule has 134 valence electrons. The summed E-state index contributed by atoms with van der Waals surface area (Å²) in [7, 11) is 0. The van der Waals surface area contributed by atoms with E-state index < -0.39 is 17.7 Å². The van der Waals surface area contributed by atoms with Crippen LogP contribution in [-0.4, -0.2) is 21.8 Å². The second-order valence-corrected chi connectivity index (χ2v) is 7.13. The molecule has 0 aliphatic carbocycles. The maximum absolute atomic E-state index is 13.2. The summed E-state index contributed by atoms with van der Waals surface area (Å²) in [4.78, 5) is 31.6. The molecule has 2 aromatic carbocycles. The van der Waals surface area contributed by atoms with Crippen LogP contribution >= 0.6 is 11.3 Å². The summed E-state index contributed by atoms with van der Waals surface area (Å²) < 4.78 is 0. The molecule has 1 N–H and O–H groups in total. The highest BCUT2D eigenvalue weighted by atomic mass is 32.1. The van der Waals surface area contributed by atoms with Crippen molar-refractivity contribution in [2.75, 3.05) is 4.90 Å². The minimum absolute atomic E-state index is 0.0743. The Morgan fingerprint density at radius 2 is 1.81 bits per heavy atom. The van der Waals surface area contributed by atoms with Crippen molar-refractivity contribution in [3.63, 3.8) is 0 Å². The number of rotatable bonds is 4. The lowest BCUT2D eigenvalue weighted by Crippen LogP contribution is -2.30. The summed E-state index contributed by atoms with van der Waals surface area (Å²) in [6, 6.07) is 15.5. The Hall–Kier alpha value is -3.25. The van der Waals surface area contributed by atoms with E-state index in [-0.39, 0.29) is 11.4 Å². The van der Waals surface area contributed by atoms with Gasteiger partial charge in [-0.2, -0.15) is 0 Å². The molecule has 5 nitrogen and oxygen atoms in total. The van der Waals surface area contributed by atoms with Crippen LogP contribution < -0.4 is 4.90 Å². The summed E-state index contributed by atoms with van der Waals surface area (Å²) in [6.45, 7) is 1.96. The van der Waals surface area contributed by atoms with Crippen molar-refractivity contribution in [1.29, 1.82) is 0 Å². The van der Waals surface area contributed by atoms with Crippen LogP contribution in [0.1, 0.15) is 27.5 Å². The number of ketones is 1. The Kier molecular flexibility index (Phi) is 4.33. The van der Waals surface area contributed by atoms with Gasteiger partial charge >= 0.3 is 0 Å². The third-order valence-corrected chi connectivity index (χ3v) is 5.28. The standard InChI is InChI=1S/C21H16N2O3S/c1-13-7-9-14(10-8-13)17-16(18(24)15-5-3-2-4-6-15)19(25)20(26)23(17)21-22-11-12-27-21/h2-12,17,25H,1H3. The maximum Gasteiger partial charge on any atom is 0.296 e. The van der Waals surface area contributed by atoms with E-state index in [1.807, 2.05) is 37.3 Å². The number of carbonyl (C=O) groups is 2. The predicted octanol–water partition coefficient (Wildman–Crippen LogP) is 4.23. The monoisotopic (exact) mass is 376 g/mol. The quantitative estimate of drug-likeness (QED) is 0.692. The van der Waals surface area contributed by atoms with Crippen molar-refractivity contribution in [1.82, 2.24) is 4.98 Å². The van der Waals surface area contributed by atoms with E-state index in [2.05, 4.69) is 4.98 Å². The summed E-state index contributed by atoms with van der Waals surface area (Å²) >= 11 is 1.28. The first kappa shape index (κ1) is 17.2. The normalized spacial score (nSPS) is 16.9. The van der Waals surface area contributed by atoms with Gasteiger partial charge < -0.3 is 5.11 Å². The van der Waals surface area contributed by atoms with Crippen LogP contribution in [0.2, 0.25) is 0 Å². The number of Topliss-reactive ketones (excluding diaryl/α,β-unsaturated/α-hetero) is 1. The van der Waals surface area contributed by atoms with Gasteiger partial charge in [0.1, 0.15) is 0 Å². The number of benzene rings is 2.